The highest BCUT2D eigenvalue weighted by atomic mass is 35.5. The molecule has 0 fully saturated rings. The molecule has 0 aliphatic carbocycles. The molecule has 0 unspecified atom stereocenters. The first-order valence-corrected chi connectivity index (χ1v) is 7.97. The number of rotatable bonds is 6. The summed E-state index contributed by atoms with van der Waals surface area (Å²) in [5.41, 5.74) is 1.41. The fourth-order valence-electron chi connectivity index (χ4n) is 2.13. The van der Waals surface area contributed by atoms with Gasteiger partial charge in [0.2, 0.25) is 0 Å². The summed E-state index contributed by atoms with van der Waals surface area (Å²) in [6, 6.07) is 12.2. The maximum atomic E-state index is 12.0. The van der Waals surface area contributed by atoms with Gasteiger partial charge in [0.05, 0.1) is 19.9 Å². The molecular weight excluding hydrogens is 344 g/mol. The molecule has 2 aromatic rings. The van der Waals surface area contributed by atoms with Gasteiger partial charge in [0, 0.05) is 17.6 Å². The van der Waals surface area contributed by atoms with E-state index in [0.29, 0.717) is 35.2 Å². The van der Waals surface area contributed by atoms with Crippen molar-refractivity contribution >= 4 is 29.1 Å². The fourth-order valence-corrected chi connectivity index (χ4v) is 2.26. The molecule has 0 saturated heterocycles. The zero-order chi connectivity index (χ0) is 18.2. The number of amides is 2. The van der Waals surface area contributed by atoms with Gasteiger partial charge in [-0.2, -0.15) is 0 Å². The van der Waals surface area contributed by atoms with E-state index >= 15 is 0 Å². The third-order valence-corrected chi connectivity index (χ3v) is 3.73. The summed E-state index contributed by atoms with van der Waals surface area (Å²) in [4.78, 5) is 23.9. The number of benzene rings is 2. The summed E-state index contributed by atoms with van der Waals surface area (Å²) in [7, 11) is 3.00. The molecule has 0 radical (unpaired) electrons. The summed E-state index contributed by atoms with van der Waals surface area (Å²) < 4.78 is 10.3. The first-order chi connectivity index (χ1) is 12.0. The first kappa shape index (κ1) is 18.6. The van der Waals surface area contributed by atoms with E-state index in [-0.39, 0.29) is 0 Å². The maximum Gasteiger partial charge on any atom is 0.313 e. The third kappa shape index (κ3) is 5.39. The number of ether oxygens (including phenoxy) is 2. The fraction of sp³-hybridized carbons (Fsp3) is 0.222. The van der Waals surface area contributed by atoms with Crippen molar-refractivity contribution in [3.05, 3.63) is 53.1 Å². The Morgan fingerprint density at radius 3 is 2.36 bits per heavy atom. The molecule has 2 amide bonds. The minimum Gasteiger partial charge on any atom is -0.497 e. The van der Waals surface area contributed by atoms with Gasteiger partial charge < -0.3 is 20.1 Å². The number of methoxy groups -OCH3 is 2. The van der Waals surface area contributed by atoms with E-state index in [1.54, 1.807) is 30.3 Å². The maximum absolute atomic E-state index is 12.0. The van der Waals surface area contributed by atoms with Crippen molar-refractivity contribution in [2.75, 3.05) is 26.1 Å². The average Bonchev–Trinajstić information content (AvgIpc) is 2.63. The van der Waals surface area contributed by atoms with Crippen LogP contribution in [0.25, 0.3) is 0 Å². The summed E-state index contributed by atoms with van der Waals surface area (Å²) in [5.74, 6) is -0.490. The normalized spacial score (nSPS) is 10.0. The summed E-state index contributed by atoms with van der Waals surface area (Å²) in [5, 5.41) is 5.75. The molecular formula is C18H19ClN2O4. The van der Waals surface area contributed by atoms with Gasteiger partial charge in [0.15, 0.2) is 0 Å². The van der Waals surface area contributed by atoms with E-state index in [1.807, 2.05) is 12.1 Å². The van der Waals surface area contributed by atoms with Crippen molar-refractivity contribution in [1.82, 2.24) is 5.32 Å². The summed E-state index contributed by atoms with van der Waals surface area (Å²) in [6.07, 6.45) is 0.599. The van der Waals surface area contributed by atoms with Crippen molar-refractivity contribution in [2.24, 2.45) is 0 Å². The van der Waals surface area contributed by atoms with Crippen LogP contribution < -0.4 is 20.1 Å². The molecule has 2 aromatic carbocycles. The number of hydrogen-bond donors (Lipinski definition) is 2. The van der Waals surface area contributed by atoms with Gasteiger partial charge >= 0.3 is 11.8 Å². The Morgan fingerprint density at radius 2 is 1.72 bits per heavy atom. The van der Waals surface area contributed by atoms with Crippen LogP contribution in [0.3, 0.4) is 0 Å². The van der Waals surface area contributed by atoms with Crippen LogP contribution in [-0.2, 0) is 16.0 Å². The second-order valence-electron chi connectivity index (χ2n) is 5.15. The van der Waals surface area contributed by atoms with Crippen LogP contribution >= 0.6 is 11.6 Å². The van der Waals surface area contributed by atoms with Crippen LogP contribution in [0.1, 0.15) is 5.56 Å². The Balaban J connectivity index is 1.87. The first-order valence-electron chi connectivity index (χ1n) is 7.59. The molecule has 132 valence electrons. The predicted molar refractivity (Wildman–Crippen MR) is 96.3 cm³/mol. The van der Waals surface area contributed by atoms with Gasteiger partial charge in [0.1, 0.15) is 11.5 Å². The number of halogens is 1. The van der Waals surface area contributed by atoms with Crippen LogP contribution in [-0.4, -0.2) is 32.6 Å². The summed E-state index contributed by atoms with van der Waals surface area (Å²) >= 11 is 5.82. The van der Waals surface area contributed by atoms with E-state index < -0.39 is 11.8 Å². The molecule has 0 aliphatic rings. The topological polar surface area (TPSA) is 76.7 Å². The molecule has 0 bridgehead atoms. The quantitative estimate of drug-likeness (QED) is 0.774. The lowest BCUT2D eigenvalue weighted by Crippen LogP contribution is -2.36. The highest BCUT2D eigenvalue weighted by Gasteiger charge is 2.15. The van der Waals surface area contributed by atoms with Crippen molar-refractivity contribution < 1.29 is 19.1 Å². The Labute approximate surface area is 151 Å². The molecule has 2 rings (SSSR count). The number of nitrogens with one attached hydrogen (secondary N) is 2. The Morgan fingerprint density at radius 1 is 1.00 bits per heavy atom. The lowest BCUT2D eigenvalue weighted by atomic mass is 10.1. The molecule has 0 saturated carbocycles. The molecule has 0 aliphatic heterocycles. The number of hydrogen-bond acceptors (Lipinski definition) is 4. The van der Waals surface area contributed by atoms with Gasteiger partial charge in [-0.15, -0.1) is 0 Å². The second kappa shape index (κ2) is 8.94. The van der Waals surface area contributed by atoms with Crippen molar-refractivity contribution in [1.29, 1.82) is 0 Å². The predicted octanol–water partition coefficient (Wildman–Crippen LogP) is 2.65. The zero-order valence-electron chi connectivity index (χ0n) is 14.0. The third-order valence-electron chi connectivity index (χ3n) is 3.48. The minimum absolute atomic E-state index is 0.341. The molecule has 25 heavy (non-hydrogen) atoms. The Kier molecular flexibility index (Phi) is 6.65. The Hall–Kier alpha value is -2.73. The van der Waals surface area contributed by atoms with Gasteiger partial charge in [-0.25, -0.2) is 0 Å². The average molecular weight is 363 g/mol. The SMILES string of the molecule is COc1ccc(NC(=O)C(=O)NCCc2ccc(Cl)cc2)c(OC)c1. The van der Waals surface area contributed by atoms with Crippen LogP contribution in [0, 0.1) is 0 Å². The van der Waals surface area contributed by atoms with Crippen molar-refractivity contribution in [2.45, 2.75) is 6.42 Å². The van der Waals surface area contributed by atoms with E-state index in [0.717, 1.165) is 5.56 Å². The molecule has 0 atom stereocenters. The Bertz CT molecular complexity index is 747. The molecule has 0 heterocycles. The largest absolute Gasteiger partial charge is 0.497 e. The zero-order valence-corrected chi connectivity index (χ0v) is 14.7. The van der Waals surface area contributed by atoms with Crippen molar-refractivity contribution in [3.8, 4) is 11.5 Å². The van der Waals surface area contributed by atoms with E-state index in [4.69, 9.17) is 21.1 Å². The van der Waals surface area contributed by atoms with Gasteiger partial charge in [-0.1, -0.05) is 23.7 Å². The van der Waals surface area contributed by atoms with Crippen LogP contribution in [0.5, 0.6) is 11.5 Å². The van der Waals surface area contributed by atoms with Gasteiger partial charge in [0.25, 0.3) is 0 Å². The van der Waals surface area contributed by atoms with Crippen molar-refractivity contribution in [3.63, 3.8) is 0 Å². The van der Waals surface area contributed by atoms with Crippen LogP contribution in [0.2, 0.25) is 5.02 Å². The summed E-state index contributed by atoms with van der Waals surface area (Å²) in [6.45, 7) is 0.341. The van der Waals surface area contributed by atoms with E-state index in [9.17, 15) is 9.59 Å². The highest BCUT2D eigenvalue weighted by Crippen LogP contribution is 2.28. The standard InChI is InChI=1S/C18H19ClN2O4/c1-24-14-7-8-15(16(11-14)25-2)21-18(23)17(22)20-10-9-12-3-5-13(19)6-4-12/h3-8,11H,9-10H2,1-2H3,(H,20,22)(H,21,23). The molecule has 6 nitrogen and oxygen atoms in total. The van der Waals surface area contributed by atoms with Crippen LogP contribution in [0.15, 0.2) is 42.5 Å². The lowest BCUT2D eigenvalue weighted by Gasteiger charge is -2.11. The number of anilines is 1. The molecule has 7 heteroatoms. The minimum atomic E-state index is -0.764. The monoisotopic (exact) mass is 362 g/mol. The van der Waals surface area contributed by atoms with E-state index in [2.05, 4.69) is 10.6 Å². The van der Waals surface area contributed by atoms with Crippen LogP contribution in [0.4, 0.5) is 5.69 Å². The molecule has 2 N–H and O–H groups in total. The second-order valence-corrected chi connectivity index (χ2v) is 5.59. The molecule has 0 aromatic heterocycles. The highest BCUT2D eigenvalue weighted by molar-refractivity contribution is 6.39. The van der Waals surface area contributed by atoms with Gasteiger partial charge in [-0.3, -0.25) is 9.59 Å². The lowest BCUT2D eigenvalue weighted by molar-refractivity contribution is -0.136. The number of carbonyl (C=O) groups excluding carboxylic acids is 2. The number of carbonyl (C=O) groups is 2. The van der Waals surface area contributed by atoms with E-state index in [1.165, 1.54) is 14.2 Å². The van der Waals surface area contributed by atoms with Gasteiger partial charge in [-0.05, 0) is 36.2 Å². The molecule has 0 spiro atoms. The smallest absolute Gasteiger partial charge is 0.313 e.